The predicted octanol–water partition coefficient (Wildman–Crippen LogP) is 2.96. The topological polar surface area (TPSA) is 83.6 Å². The Labute approximate surface area is 125 Å². The molecule has 0 saturated carbocycles. The Hall–Kier alpha value is -2.28. The van der Waals surface area contributed by atoms with E-state index in [9.17, 15) is 4.79 Å². The molecule has 108 valence electrons. The number of rotatable bonds is 2. The number of anilines is 1. The van der Waals surface area contributed by atoms with E-state index in [0.717, 1.165) is 16.0 Å². The number of nitrogens with one attached hydrogen (secondary N) is 2. The van der Waals surface area contributed by atoms with Gasteiger partial charge in [-0.3, -0.25) is 4.79 Å². The summed E-state index contributed by atoms with van der Waals surface area (Å²) in [5.41, 5.74) is 0.623. The number of hydrogen-bond acceptors (Lipinski definition) is 5. The molecular formula is C14H15N5OS. The van der Waals surface area contributed by atoms with Crippen molar-refractivity contribution in [1.29, 1.82) is 0 Å². The van der Waals surface area contributed by atoms with Crippen molar-refractivity contribution >= 4 is 34.1 Å². The van der Waals surface area contributed by atoms with Crippen LogP contribution in [0.5, 0.6) is 0 Å². The summed E-state index contributed by atoms with van der Waals surface area (Å²) in [7, 11) is 0. The van der Waals surface area contributed by atoms with Crippen LogP contribution < -0.4 is 5.32 Å². The summed E-state index contributed by atoms with van der Waals surface area (Å²) in [6.45, 7) is 6.11. The number of pyridine rings is 1. The minimum atomic E-state index is -0.290. The number of aromatic amines is 1. The molecular weight excluding hydrogens is 286 g/mol. The van der Waals surface area contributed by atoms with Crippen LogP contribution >= 0.6 is 11.3 Å². The maximum atomic E-state index is 12.2. The van der Waals surface area contributed by atoms with Crippen molar-refractivity contribution in [2.24, 2.45) is 0 Å². The molecule has 3 aromatic rings. The normalized spacial score (nSPS) is 11.8. The van der Waals surface area contributed by atoms with Crippen molar-refractivity contribution in [3.05, 3.63) is 34.4 Å². The van der Waals surface area contributed by atoms with Crippen LogP contribution in [0.2, 0.25) is 0 Å². The fourth-order valence-electron chi connectivity index (χ4n) is 1.79. The fourth-order valence-corrected chi connectivity index (χ4v) is 2.58. The number of carbonyl (C=O) groups excluding carboxylic acids is 1. The van der Waals surface area contributed by atoms with E-state index in [0.29, 0.717) is 10.8 Å². The second-order valence-electron chi connectivity index (χ2n) is 5.73. The zero-order chi connectivity index (χ0) is 15.0. The standard InChI is InChI=1S/C14H15N5OS/c1-14(2,3)13-19-18-12(21-13)11(20)17-9-5-4-8-6-7-15-10(8)16-9/h4-7H,1-3H3,(H2,15,16,17,20). The van der Waals surface area contributed by atoms with Gasteiger partial charge in [0.05, 0.1) is 0 Å². The summed E-state index contributed by atoms with van der Waals surface area (Å²) in [6, 6.07) is 5.59. The van der Waals surface area contributed by atoms with Crippen LogP contribution in [0.25, 0.3) is 11.0 Å². The van der Waals surface area contributed by atoms with Crippen LogP contribution in [0.3, 0.4) is 0 Å². The molecule has 0 aromatic carbocycles. The molecule has 3 heterocycles. The Morgan fingerprint density at radius 3 is 2.76 bits per heavy atom. The summed E-state index contributed by atoms with van der Waals surface area (Å²) in [6.07, 6.45) is 1.81. The fraction of sp³-hybridized carbons (Fsp3) is 0.286. The molecule has 0 radical (unpaired) electrons. The van der Waals surface area contributed by atoms with Gasteiger partial charge in [-0.15, -0.1) is 10.2 Å². The lowest BCUT2D eigenvalue weighted by Gasteiger charge is -2.12. The lowest BCUT2D eigenvalue weighted by molar-refractivity contribution is 0.102. The zero-order valence-corrected chi connectivity index (χ0v) is 12.8. The van der Waals surface area contributed by atoms with Crippen molar-refractivity contribution in [3.63, 3.8) is 0 Å². The minimum Gasteiger partial charge on any atom is -0.346 e. The van der Waals surface area contributed by atoms with Crippen LogP contribution in [0.4, 0.5) is 5.82 Å². The van der Waals surface area contributed by atoms with E-state index >= 15 is 0 Å². The predicted molar refractivity (Wildman–Crippen MR) is 82.7 cm³/mol. The second kappa shape index (κ2) is 4.92. The van der Waals surface area contributed by atoms with Gasteiger partial charge in [0.15, 0.2) is 0 Å². The number of hydrogen-bond donors (Lipinski definition) is 2. The molecule has 0 bridgehead atoms. The molecule has 21 heavy (non-hydrogen) atoms. The largest absolute Gasteiger partial charge is 0.346 e. The van der Waals surface area contributed by atoms with E-state index in [1.54, 1.807) is 6.07 Å². The van der Waals surface area contributed by atoms with Crippen molar-refractivity contribution in [3.8, 4) is 0 Å². The summed E-state index contributed by atoms with van der Waals surface area (Å²) in [5.74, 6) is 0.198. The van der Waals surface area contributed by atoms with Crippen molar-refractivity contribution in [2.75, 3.05) is 5.32 Å². The highest BCUT2D eigenvalue weighted by atomic mass is 32.1. The molecule has 7 heteroatoms. The molecule has 0 unspecified atom stereocenters. The van der Waals surface area contributed by atoms with E-state index in [4.69, 9.17) is 0 Å². The quantitative estimate of drug-likeness (QED) is 0.762. The molecule has 0 fully saturated rings. The Bertz CT molecular complexity index is 799. The van der Waals surface area contributed by atoms with Gasteiger partial charge in [0.25, 0.3) is 5.91 Å². The maximum absolute atomic E-state index is 12.2. The zero-order valence-electron chi connectivity index (χ0n) is 12.0. The number of carbonyl (C=O) groups is 1. The minimum absolute atomic E-state index is 0.113. The molecule has 2 N–H and O–H groups in total. The molecule has 6 nitrogen and oxygen atoms in total. The van der Waals surface area contributed by atoms with Crippen LogP contribution in [-0.4, -0.2) is 26.1 Å². The third-order valence-corrected chi connectivity index (χ3v) is 4.26. The number of amides is 1. The molecule has 0 aliphatic carbocycles. The summed E-state index contributed by atoms with van der Waals surface area (Å²) in [5, 5.41) is 12.9. The van der Waals surface area contributed by atoms with Gasteiger partial charge in [-0.2, -0.15) is 0 Å². The monoisotopic (exact) mass is 301 g/mol. The van der Waals surface area contributed by atoms with Gasteiger partial charge in [-0.1, -0.05) is 32.1 Å². The summed E-state index contributed by atoms with van der Waals surface area (Å²) < 4.78 is 0. The van der Waals surface area contributed by atoms with Crippen molar-refractivity contribution in [1.82, 2.24) is 20.2 Å². The van der Waals surface area contributed by atoms with Gasteiger partial charge in [-0.05, 0) is 18.2 Å². The average molecular weight is 301 g/mol. The van der Waals surface area contributed by atoms with Gasteiger partial charge in [-0.25, -0.2) is 4.98 Å². The van der Waals surface area contributed by atoms with Crippen LogP contribution in [-0.2, 0) is 5.41 Å². The Balaban J connectivity index is 1.80. The summed E-state index contributed by atoms with van der Waals surface area (Å²) in [4.78, 5) is 19.5. The molecule has 3 rings (SSSR count). The van der Waals surface area contributed by atoms with Crippen molar-refractivity contribution in [2.45, 2.75) is 26.2 Å². The van der Waals surface area contributed by atoms with Crippen LogP contribution in [0, 0.1) is 0 Å². The first-order chi connectivity index (χ1) is 9.93. The number of nitrogens with zero attached hydrogens (tertiary/aromatic N) is 3. The lowest BCUT2D eigenvalue weighted by Crippen LogP contribution is -2.12. The molecule has 3 aromatic heterocycles. The number of H-pyrrole nitrogens is 1. The highest BCUT2D eigenvalue weighted by Gasteiger charge is 2.22. The second-order valence-corrected chi connectivity index (χ2v) is 6.71. The Morgan fingerprint density at radius 1 is 1.24 bits per heavy atom. The molecule has 0 spiro atoms. The third-order valence-electron chi connectivity index (χ3n) is 2.91. The highest BCUT2D eigenvalue weighted by Crippen LogP contribution is 2.25. The van der Waals surface area contributed by atoms with Crippen LogP contribution in [0.1, 0.15) is 35.6 Å². The van der Waals surface area contributed by atoms with Crippen molar-refractivity contribution < 1.29 is 4.79 Å². The van der Waals surface area contributed by atoms with Gasteiger partial charge in [0, 0.05) is 17.0 Å². The van der Waals surface area contributed by atoms with E-state index in [-0.39, 0.29) is 11.3 Å². The van der Waals surface area contributed by atoms with Gasteiger partial charge >= 0.3 is 0 Å². The molecule has 1 amide bonds. The number of fused-ring (bicyclic) bond motifs is 1. The molecule has 0 atom stereocenters. The first-order valence-electron chi connectivity index (χ1n) is 6.53. The first kappa shape index (κ1) is 13.7. The molecule has 0 aliphatic rings. The van der Waals surface area contributed by atoms with E-state index in [1.807, 2.05) is 39.1 Å². The van der Waals surface area contributed by atoms with Gasteiger partial charge in [0.1, 0.15) is 16.5 Å². The summed E-state index contributed by atoms with van der Waals surface area (Å²) >= 11 is 1.30. The lowest BCUT2D eigenvalue weighted by atomic mass is 9.98. The smallest absolute Gasteiger partial charge is 0.287 e. The number of aromatic nitrogens is 4. The highest BCUT2D eigenvalue weighted by molar-refractivity contribution is 7.13. The van der Waals surface area contributed by atoms with Gasteiger partial charge < -0.3 is 10.3 Å². The maximum Gasteiger partial charge on any atom is 0.287 e. The van der Waals surface area contributed by atoms with Gasteiger partial charge in [0.2, 0.25) is 5.01 Å². The Morgan fingerprint density at radius 2 is 2.05 bits per heavy atom. The average Bonchev–Trinajstić information content (AvgIpc) is 3.06. The third kappa shape index (κ3) is 2.78. The van der Waals surface area contributed by atoms with E-state index < -0.39 is 0 Å². The molecule has 0 saturated heterocycles. The first-order valence-corrected chi connectivity index (χ1v) is 7.34. The van der Waals surface area contributed by atoms with E-state index in [1.165, 1.54) is 11.3 Å². The Kier molecular flexibility index (Phi) is 3.21. The SMILES string of the molecule is CC(C)(C)c1nnc(C(=O)Nc2ccc3cc[nH]c3n2)s1. The molecule has 0 aliphatic heterocycles. The van der Waals surface area contributed by atoms with E-state index in [2.05, 4.69) is 25.5 Å². The van der Waals surface area contributed by atoms with Crippen LogP contribution in [0.15, 0.2) is 24.4 Å².